The molecule has 0 aromatic heterocycles. The van der Waals surface area contributed by atoms with Crippen molar-refractivity contribution in [2.24, 2.45) is 44.8 Å². The Morgan fingerprint density at radius 1 is 0.719 bits per heavy atom. The van der Waals surface area contributed by atoms with E-state index in [0.29, 0.717) is 32.1 Å². The molecule has 9 N–H and O–H groups in total. The van der Waals surface area contributed by atoms with Gasteiger partial charge in [-0.1, -0.05) is 27.7 Å². The summed E-state index contributed by atoms with van der Waals surface area (Å²) >= 11 is 0. The minimum Gasteiger partial charge on any atom is -0.394 e. The molecule has 326 valence electrons. The second-order valence-electron chi connectivity index (χ2n) is 21.3. The molecule has 0 amide bonds. The second kappa shape index (κ2) is 13.8. The Morgan fingerprint density at radius 2 is 1.32 bits per heavy atom. The van der Waals surface area contributed by atoms with E-state index in [0.717, 1.165) is 25.7 Å². The predicted octanol–water partition coefficient (Wildman–Crippen LogP) is 0.293. The second-order valence-corrected chi connectivity index (χ2v) is 21.3. The number of aliphatic hydroxyl groups is 9. The van der Waals surface area contributed by atoms with Crippen LogP contribution in [-0.2, 0) is 28.5 Å². The molecule has 8 fully saturated rings. The molecule has 8 rings (SSSR count). The van der Waals surface area contributed by atoms with Crippen LogP contribution in [0, 0.1) is 44.8 Å². The van der Waals surface area contributed by atoms with Gasteiger partial charge in [0.1, 0.15) is 54.6 Å². The van der Waals surface area contributed by atoms with E-state index in [9.17, 15) is 50.8 Å². The van der Waals surface area contributed by atoms with E-state index in [1.54, 1.807) is 0 Å². The number of ether oxygens (including phenoxy) is 5. The predicted molar refractivity (Wildman–Crippen MR) is 199 cm³/mol. The van der Waals surface area contributed by atoms with E-state index in [4.69, 9.17) is 23.7 Å². The fourth-order valence-corrected chi connectivity index (χ4v) is 14.9. The fraction of sp³-hybridized carbons (Fsp3) is 0.976. The topological polar surface area (TPSA) is 245 Å². The molecule has 57 heavy (non-hydrogen) atoms. The summed E-state index contributed by atoms with van der Waals surface area (Å²) in [5.41, 5.74) is -3.39. The van der Waals surface area contributed by atoms with Gasteiger partial charge in [-0.05, 0) is 99.7 Å². The third-order valence-electron chi connectivity index (χ3n) is 17.9. The van der Waals surface area contributed by atoms with Crippen molar-refractivity contribution in [1.29, 1.82) is 0 Å². The minimum atomic E-state index is -1.56. The number of ketones is 1. The number of hydrogen-bond donors (Lipinski definition) is 9. The molecule has 0 aromatic carbocycles. The number of fused-ring (bicyclic) bond motifs is 2. The van der Waals surface area contributed by atoms with E-state index >= 15 is 0 Å². The van der Waals surface area contributed by atoms with E-state index in [2.05, 4.69) is 34.6 Å². The first-order chi connectivity index (χ1) is 26.5. The lowest BCUT2D eigenvalue weighted by molar-refractivity contribution is -0.334. The maximum absolute atomic E-state index is 14.7. The molecule has 3 saturated heterocycles. The number of aliphatic hydroxyl groups excluding tert-OH is 9. The van der Waals surface area contributed by atoms with Crippen molar-refractivity contribution in [2.45, 2.75) is 197 Å². The van der Waals surface area contributed by atoms with E-state index in [1.807, 2.05) is 13.8 Å². The Hall–Kier alpha value is -0.890. The van der Waals surface area contributed by atoms with Crippen molar-refractivity contribution in [3.05, 3.63) is 0 Å². The normalized spacial score (nSPS) is 57.1. The Bertz CT molecular complexity index is 1560. The highest BCUT2D eigenvalue weighted by atomic mass is 16.7. The summed E-state index contributed by atoms with van der Waals surface area (Å²) in [6, 6.07) is 0. The van der Waals surface area contributed by atoms with Crippen LogP contribution in [0.25, 0.3) is 0 Å². The molecule has 3 heterocycles. The highest BCUT2D eigenvalue weighted by molar-refractivity contribution is 5.86. The number of Topliss-reactive ketones (excluding diaryl/α,β-unsaturated/α-hetero) is 1. The van der Waals surface area contributed by atoms with Crippen LogP contribution < -0.4 is 0 Å². The molecule has 15 nitrogen and oxygen atoms in total. The zero-order valence-corrected chi connectivity index (χ0v) is 34.5. The van der Waals surface area contributed by atoms with Crippen LogP contribution in [0.5, 0.6) is 0 Å². The van der Waals surface area contributed by atoms with E-state index in [-0.39, 0.29) is 45.2 Å². The summed E-state index contributed by atoms with van der Waals surface area (Å²) in [5.74, 6) is -0.263. The Balaban J connectivity index is 0.998. The van der Waals surface area contributed by atoms with Crippen molar-refractivity contribution in [3.8, 4) is 0 Å². The quantitative estimate of drug-likeness (QED) is 0.150. The van der Waals surface area contributed by atoms with Crippen molar-refractivity contribution in [1.82, 2.24) is 0 Å². The molecule has 15 heteroatoms. The summed E-state index contributed by atoms with van der Waals surface area (Å²) < 4.78 is 31.0. The zero-order chi connectivity index (χ0) is 41.6. The van der Waals surface area contributed by atoms with Gasteiger partial charge in [0.15, 0.2) is 12.6 Å². The molecule has 0 aromatic rings. The summed E-state index contributed by atoms with van der Waals surface area (Å²) in [6.07, 6.45) is -9.22. The van der Waals surface area contributed by atoms with Gasteiger partial charge < -0.3 is 69.6 Å². The molecule has 5 aliphatic carbocycles. The standard InChI is InChI=1S/C42H68O15/c1-36(2)24(55-34-30(51)28(49)26(47)21(16-43)53-34)9-11-42-18-41(42)13-12-38(5)33(20(46)15-39(38,6)23(41)14-19(45)32(36)42)40(7)10-8-25(56-40)37(3,4)57-35-31(52)29(50)27(48)22(17-44)54-35/h20-35,43-44,46-52H,8-18H2,1-7H3/t20-,21+,22+,23-,24?,25?,26+,27+,28-,29-,30+,31+,32-,33-,34-,35-,38+,39-,40-,41-,42+/m0/s1. The summed E-state index contributed by atoms with van der Waals surface area (Å²) in [6.45, 7) is 13.3. The van der Waals surface area contributed by atoms with E-state index < -0.39 is 110 Å². The number of hydrogen-bond acceptors (Lipinski definition) is 15. The van der Waals surface area contributed by atoms with Gasteiger partial charge in [-0.25, -0.2) is 0 Å². The van der Waals surface area contributed by atoms with Crippen LogP contribution >= 0.6 is 0 Å². The maximum Gasteiger partial charge on any atom is 0.187 e. The SMILES string of the molecule is CC(C)(O[C@@H]1O[C@H](CO)[C@@H](O)[C@H](O)[C@H]1O)C1CC[C@@](C)([C@H]2[C@@H](O)C[C@@]3(C)[C@@H]4CC(=O)[C@H]5C(C)(C)C(O[C@@H]6O[C@H](CO)[C@@H](O)[C@H](O)[C@H]6O)CC[C@@]56C[C@@]46CC[C@]23C)O1. The molecule has 2 spiro atoms. The number of carbonyl (C=O) groups is 1. The third-order valence-corrected chi connectivity index (χ3v) is 17.9. The highest BCUT2D eigenvalue weighted by Crippen LogP contribution is 2.89. The largest absolute Gasteiger partial charge is 0.394 e. The average Bonchev–Trinajstić information content (AvgIpc) is 3.50. The fourth-order valence-electron chi connectivity index (χ4n) is 14.9. The maximum atomic E-state index is 14.7. The first-order valence-electron chi connectivity index (χ1n) is 21.3. The van der Waals surface area contributed by atoms with Crippen LogP contribution in [0.15, 0.2) is 0 Å². The van der Waals surface area contributed by atoms with Gasteiger partial charge >= 0.3 is 0 Å². The highest BCUT2D eigenvalue weighted by Gasteiger charge is 2.85. The summed E-state index contributed by atoms with van der Waals surface area (Å²) in [5, 5.41) is 94.5. The van der Waals surface area contributed by atoms with Crippen molar-refractivity contribution in [2.75, 3.05) is 13.2 Å². The smallest absolute Gasteiger partial charge is 0.187 e. The molecular formula is C42H68O15. The minimum absolute atomic E-state index is 0.0672. The van der Waals surface area contributed by atoms with Crippen LogP contribution in [0.1, 0.15) is 106 Å². The van der Waals surface area contributed by atoms with Gasteiger partial charge in [-0.15, -0.1) is 0 Å². The molecule has 2 unspecified atom stereocenters. The number of carbonyl (C=O) groups excluding carboxylic acids is 1. The van der Waals surface area contributed by atoms with Crippen molar-refractivity contribution >= 4 is 5.78 Å². The first-order valence-corrected chi connectivity index (χ1v) is 21.3. The van der Waals surface area contributed by atoms with Gasteiger partial charge in [0.2, 0.25) is 0 Å². The molecule has 0 bridgehead atoms. The Kier molecular flexibility index (Phi) is 10.4. The van der Waals surface area contributed by atoms with Crippen LogP contribution in [0.4, 0.5) is 0 Å². The van der Waals surface area contributed by atoms with Crippen molar-refractivity contribution in [3.63, 3.8) is 0 Å². The average molecular weight is 813 g/mol. The third kappa shape index (κ3) is 5.84. The molecular weight excluding hydrogens is 744 g/mol. The van der Waals surface area contributed by atoms with Gasteiger partial charge in [0, 0.05) is 23.7 Å². The van der Waals surface area contributed by atoms with Gasteiger partial charge in [0.25, 0.3) is 0 Å². The van der Waals surface area contributed by atoms with Crippen molar-refractivity contribution < 1.29 is 74.4 Å². The summed E-state index contributed by atoms with van der Waals surface area (Å²) in [7, 11) is 0. The van der Waals surface area contributed by atoms with Gasteiger partial charge in [-0.2, -0.15) is 0 Å². The first kappa shape index (κ1) is 42.8. The van der Waals surface area contributed by atoms with E-state index in [1.165, 1.54) is 0 Å². The Labute approximate surface area is 335 Å². The van der Waals surface area contributed by atoms with Crippen LogP contribution in [-0.4, -0.2) is 156 Å². The monoisotopic (exact) mass is 812 g/mol. The van der Waals surface area contributed by atoms with Crippen LogP contribution in [0.3, 0.4) is 0 Å². The lowest BCUT2D eigenvalue weighted by atomic mass is 9.41. The molecule has 0 radical (unpaired) electrons. The van der Waals surface area contributed by atoms with Crippen LogP contribution in [0.2, 0.25) is 0 Å². The summed E-state index contributed by atoms with van der Waals surface area (Å²) in [4.78, 5) is 14.7. The number of rotatable bonds is 8. The molecule has 5 saturated carbocycles. The van der Waals surface area contributed by atoms with Gasteiger partial charge in [-0.3, -0.25) is 4.79 Å². The zero-order valence-electron chi connectivity index (χ0n) is 34.5. The lowest BCUT2D eigenvalue weighted by Gasteiger charge is -2.63. The Morgan fingerprint density at radius 3 is 1.93 bits per heavy atom. The lowest BCUT2D eigenvalue weighted by Crippen LogP contribution is -2.63. The molecule has 3 aliphatic heterocycles. The van der Waals surface area contributed by atoms with Gasteiger partial charge in [0.05, 0.1) is 42.7 Å². The molecule has 21 atom stereocenters. The molecule has 8 aliphatic rings.